The van der Waals surface area contributed by atoms with E-state index in [4.69, 9.17) is 0 Å². The zero-order valence-electron chi connectivity index (χ0n) is 17.2. The number of halogens is 1. The molecule has 0 aliphatic carbocycles. The molecule has 29 heavy (non-hydrogen) atoms. The van der Waals surface area contributed by atoms with Gasteiger partial charge in [0, 0.05) is 24.0 Å². The van der Waals surface area contributed by atoms with Crippen molar-refractivity contribution >= 4 is 17.3 Å². The predicted molar refractivity (Wildman–Crippen MR) is 115 cm³/mol. The van der Waals surface area contributed by atoms with Gasteiger partial charge < -0.3 is 15.7 Å². The minimum Gasteiger partial charge on any atom is -0.395 e. The van der Waals surface area contributed by atoms with Crippen LogP contribution in [0.1, 0.15) is 36.5 Å². The van der Waals surface area contributed by atoms with Gasteiger partial charge in [-0.2, -0.15) is 0 Å². The van der Waals surface area contributed by atoms with Crippen LogP contribution in [0.15, 0.2) is 36.4 Å². The second kappa shape index (κ2) is 9.85. The molecule has 0 saturated carbocycles. The Morgan fingerprint density at radius 2 is 2.10 bits per heavy atom. The second-order valence-electron chi connectivity index (χ2n) is 7.66. The van der Waals surface area contributed by atoms with Crippen LogP contribution in [-0.4, -0.2) is 41.7 Å². The number of nitrogens with zero attached hydrogens (tertiary/aromatic N) is 1. The van der Waals surface area contributed by atoms with Gasteiger partial charge in [0.05, 0.1) is 13.2 Å². The Morgan fingerprint density at radius 1 is 1.28 bits per heavy atom. The maximum absolute atomic E-state index is 13.9. The van der Waals surface area contributed by atoms with Crippen LogP contribution in [0, 0.1) is 12.7 Å². The van der Waals surface area contributed by atoms with Gasteiger partial charge >= 0.3 is 0 Å². The normalized spacial score (nSPS) is 16.8. The van der Waals surface area contributed by atoms with E-state index in [1.807, 2.05) is 26.0 Å². The average Bonchev–Trinajstić information content (AvgIpc) is 3.16. The smallest absolute Gasteiger partial charge is 0.243 e. The summed E-state index contributed by atoms with van der Waals surface area (Å²) >= 11 is 0. The Balaban J connectivity index is 1.58. The Labute approximate surface area is 171 Å². The fourth-order valence-corrected chi connectivity index (χ4v) is 3.77. The highest BCUT2D eigenvalue weighted by Crippen LogP contribution is 2.23. The van der Waals surface area contributed by atoms with Crippen molar-refractivity contribution in [3.8, 4) is 0 Å². The molecule has 0 aromatic heterocycles. The molecule has 1 heterocycles. The number of aliphatic hydroxyl groups excluding tert-OH is 1. The molecular formula is C23H30FN3O2. The lowest BCUT2D eigenvalue weighted by molar-refractivity contribution is -0.114. The van der Waals surface area contributed by atoms with Crippen LogP contribution in [-0.2, 0) is 17.8 Å². The molecule has 5 nitrogen and oxygen atoms in total. The lowest BCUT2D eigenvalue weighted by Gasteiger charge is -2.23. The summed E-state index contributed by atoms with van der Waals surface area (Å²) in [4.78, 5) is 14.7. The summed E-state index contributed by atoms with van der Waals surface area (Å²) < 4.78 is 13.9. The number of aliphatic hydroxyl groups is 1. The summed E-state index contributed by atoms with van der Waals surface area (Å²) in [6.45, 7) is 5.85. The molecule has 1 unspecified atom stereocenters. The van der Waals surface area contributed by atoms with Crippen LogP contribution < -0.4 is 10.6 Å². The monoisotopic (exact) mass is 399 g/mol. The number of amides is 1. The highest BCUT2D eigenvalue weighted by atomic mass is 19.1. The Bertz CT molecular complexity index is 856. The van der Waals surface area contributed by atoms with Crippen molar-refractivity contribution < 1.29 is 14.3 Å². The number of nitrogens with one attached hydrogen (secondary N) is 2. The Hall–Kier alpha value is -2.44. The van der Waals surface area contributed by atoms with Crippen molar-refractivity contribution in [2.24, 2.45) is 0 Å². The number of rotatable bonds is 8. The largest absolute Gasteiger partial charge is 0.395 e. The number of anilines is 2. The van der Waals surface area contributed by atoms with Gasteiger partial charge in [-0.1, -0.05) is 25.1 Å². The average molecular weight is 400 g/mol. The summed E-state index contributed by atoms with van der Waals surface area (Å²) in [7, 11) is 0. The van der Waals surface area contributed by atoms with E-state index in [9.17, 15) is 14.3 Å². The lowest BCUT2D eigenvalue weighted by Crippen LogP contribution is -2.31. The lowest BCUT2D eigenvalue weighted by atomic mass is 10.1. The first-order valence-electron chi connectivity index (χ1n) is 10.3. The van der Waals surface area contributed by atoms with E-state index in [-0.39, 0.29) is 30.9 Å². The third-order valence-electron chi connectivity index (χ3n) is 5.56. The zero-order chi connectivity index (χ0) is 20.8. The van der Waals surface area contributed by atoms with Crippen LogP contribution in [0.2, 0.25) is 0 Å². The van der Waals surface area contributed by atoms with Gasteiger partial charge in [-0.15, -0.1) is 0 Å². The van der Waals surface area contributed by atoms with Gasteiger partial charge in [0.15, 0.2) is 0 Å². The van der Waals surface area contributed by atoms with Crippen LogP contribution in [0.4, 0.5) is 15.8 Å². The number of carbonyl (C=O) groups is 1. The standard InChI is InChI=1S/C23H30FN3O2/c1-3-18-8-9-19(12-21(18)24)25-13-23(29)26-22-11-17(7-6-16(22)2)14-27-10-4-5-20(27)15-28/h6-9,11-12,20,25,28H,3-5,10,13-15H2,1-2H3,(H,26,29). The minimum absolute atomic E-state index is 0.0628. The molecule has 2 aromatic rings. The van der Waals surface area contributed by atoms with Crippen LogP contribution in [0.3, 0.4) is 0 Å². The first-order chi connectivity index (χ1) is 14.0. The number of likely N-dealkylation sites (tertiary alicyclic amines) is 1. The Kier molecular flexibility index (Phi) is 7.23. The molecule has 156 valence electrons. The van der Waals surface area contributed by atoms with Crippen molar-refractivity contribution in [1.82, 2.24) is 4.90 Å². The SMILES string of the molecule is CCc1ccc(NCC(=O)Nc2cc(CN3CCCC3CO)ccc2C)cc1F. The van der Waals surface area contributed by atoms with E-state index in [0.717, 1.165) is 42.7 Å². The summed E-state index contributed by atoms with van der Waals surface area (Å²) in [5, 5.41) is 15.4. The molecule has 0 radical (unpaired) electrons. The van der Waals surface area contributed by atoms with E-state index in [1.54, 1.807) is 12.1 Å². The maximum Gasteiger partial charge on any atom is 0.243 e. The van der Waals surface area contributed by atoms with Gasteiger partial charge in [0.2, 0.25) is 5.91 Å². The summed E-state index contributed by atoms with van der Waals surface area (Å²) in [5.74, 6) is -0.441. The van der Waals surface area contributed by atoms with Gasteiger partial charge in [-0.05, 0) is 67.6 Å². The first-order valence-corrected chi connectivity index (χ1v) is 10.3. The number of carbonyl (C=O) groups excluding carboxylic acids is 1. The molecule has 1 saturated heterocycles. The second-order valence-corrected chi connectivity index (χ2v) is 7.66. The molecule has 2 aromatic carbocycles. The Morgan fingerprint density at radius 3 is 2.83 bits per heavy atom. The number of aryl methyl sites for hydroxylation is 2. The molecule has 0 bridgehead atoms. The number of hydrogen-bond donors (Lipinski definition) is 3. The van der Waals surface area contributed by atoms with E-state index in [2.05, 4.69) is 21.6 Å². The van der Waals surface area contributed by atoms with E-state index >= 15 is 0 Å². The fourth-order valence-electron chi connectivity index (χ4n) is 3.77. The van der Waals surface area contributed by atoms with Crippen molar-refractivity contribution in [2.45, 2.75) is 45.7 Å². The van der Waals surface area contributed by atoms with Gasteiger partial charge in [-0.3, -0.25) is 9.69 Å². The molecule has 1 amide bonds. The van der Waals surface area contributed by atoms with E-state index in [1.165, 1.54) is 6.07 Å². The van der Waals surface area contributed by atoms with Crippen molar-refractivity contribution in [3.63, 3.8) is 0 Å². The third-order valence-corrected chi connectivity index (χ3v) is 5.56. The minimum atomic E-state index is -0.260. The maximum atomic E-state index is 13.9. The molecule has 1 atom stereocenters. The molecule has 6 heteroatoms. The molecule has 0 spiro atoms. The van der Waals surface area contributed by atoms with Crippen molar-refractivity contribution in [2.75, 3.05) is 30.3 Å². The van der Waals surface area contributed by atoms with E-state index in [0.29, 0.717) is 17.7 Å². The number of hydrogen-bond acceptors (Lipinski definition) is 4. The van der Waals surface area contributed by atoms with Crippen LogP contribution in [0.25, 0.3) is 0 Å². The fraction of sp³-hybridized carbons (Fsp3) is 0.435. The summed E-state index contributed by atoms with van der Waals surface area (Å²) in [6.07, 6.45) is 2.77. The third kappa shape index (κ3) is 5.55. The van der Waals surface area contributed by atoms with Crippen LogP contribution >= 0.6 is 0 Å². The van der Waals surface area contributed by atoms with Crippen LogP contribution in [0.5, 0.6) is 0 Å². The summed E-state index contributed by atoms with van der Waals surface area (Å²) in [6, 6.07) is 11.2. The first kappa shape index (κ1) is 21.3. The topological polar surface area (TPSA) is 64.6 Å². The van der Waals surface area contributed by atoms with Crippen molar-refractivity contribution in [1.29, 1.82) is 0 Å². The van der Waals surface area contributed by atoms with Gasteiger partial charge in [-0.25, -0.2) is 4.39 Å². The highest BCUT2D eigenvalue weighted by molar-refractivity contribution is 5.94. The predicted octanol–water partition coefficient (Wildman–Crippen LogP) is 3.70. The molecule has 1 fully saturated rings. The zero-order valence-corrected chi connectivity index (χ0v) is 17.2. The highest BCUT2D eigenvalue weighted by Gasteiger charge is 2.23. The molecule has 1 aliphatic heterocycles. The van der Waals surface area contributed by atoms with Gasteiger partial charge in [0.1, 0.15) is 5.82 Å². The quantitative estimate of drug-likeness (QED) is 0.633. The van der Waals surface area contributed by atoms with Crippen molar-refractivity contribution in [3.05, 3.63) is 58.9 Å². The van der Waals surface area contributed by atoms with Gasteiger partial charge in [0.25, 0.3) is 0 Å². The molecule has 3 N–H and O–H groups in total. The molecular weight excluding hydrogens is 369 g/mol. The molecule has 3 rings (SSSR count). The summed E-state index contributed by atoms with van der Waals surface area (Å²) in [5.41, 5.74) is 4.12. The molecule has 1 aliphatic rings. The number of benzene rings is 2. The van der Waals surface area contributed by atoms with E-state index < -0.39 is 0 Å².